The molecule has 18 heavy (non-hydrogen) atoms. The van der Waals surface area contributed by atoms with Gasteiger partial charge in [0.25, 0.3) is 0 Å². The Morgan fingerprint density at radius 3 is 2.33 bits per heavy atom. The van der Waals surface area contributed by atoms with Crippen molar-refractivity contribution in [2.75, 3.05) is 12.9 Å². The second kappa shape index (κ2) is 4.81. The van der Waals surface area contributed by atoms with Gasteiger partial charge in [-0.05, 0) is 49.9 Å². The molecule has 1 spiro atoms. The minimum Gasteiger partial charge on any atom is -0.469 e. The van der Waals surface area contributed by atoms with E-state index in [0.717, 1.165) is 38.5 Å². The quantitative estimate of drug-likeness (QED) is 0.779. The third kappa shape index (κ3) is 3.03. The molecule has 0 aromatic heterocycles. The molecule has 2 rings (SSSR count). The summed E-state index contributed by atoms with van der Waals surface area (Å²) in [6.07, 6.45) is 5.64. The topological polar surface area (TPSA) is 86.5 Å². The Kier molecular flexibility index (Phi) is 3.69. The average molecular weight is 275 g/mol. The first-order chi connectivity index (χ1) is 8.34. The Hall–Kier alpha value is -0.620. The Balaban J connectivity index is 1.80. The molecule has 2 fully saturated rings. The van der Waals surface area contributed by atoms with Gasteiger partial charge >= 0.3 is 5.97 Å². The Bertz CT molecular complexity index is 415. The highest BCUT2D eigenvalue weighted by Gasteiger charge is 2.47. The van der Waals surface area contributed by atoms with Crippen LogP contribution >= 0.6 is 0 Å². The van der Waals surface area contributed by atoms with Crippen LogP contribution in [-0.4, -0.2) is 27.2 Å². The van der Waals surface area contributed by atoms with Gasteiger partial charge in [-0.25, -0.2) is 13.6 Å². The number of methoxy groups -OCH3 is 1. The van der Waals surface area contributed by atoms with Crippen LogP contribution in [0, 0.1) is 17.3 Å². The summed E-state index contributed by atoms with van der Waals surface area (Å²) in [5, 5.41) is 5.05. The molecule has 0 atom stereocenters. The predicted molar refractivity (Wildman–Crippen MR) is 67.1 cm³/mol. The monoisotopic (exact) mass is 275 g/mol. The summed E-state index contributed by atoms with van der Waals surface area (Å²) in [5.74, 6) is 0.257. The largest absolute Gasteiger partial charge is 0.469 e. The molecule has 2 N–H and O–H groups in total. The van der Waals surface area contributed by atoms with Crippen molar-refractivity contribution < 1.29 is 17.9 Å². The zero-order valence-corrected chi connectivity index (χ0v) is 11.5. The highest BCUT2D eigenvalue weighted by molar-refractivity contribution is 7.89. The Labute approximate surface area is 108 Å². The molecule has 0 aliphatic heterocycles. The summed E-state index contributed by atoms with van der Waals surface area (Å²) in [6, 6.07) is 0. The van der Waals surface area contributed by atoms with E-state index in [4.69, 9.17) is 9.88 Å². The van der Waals surface area contributed by atoms with Crippen molar-refractivity contribution in [3.8, 4) is 0 Å². The van der Waals surface area contributed by atoms with E-state index in [1.54, 1.807) is 0 Å². The van der Waals surface area contributed by atoms with Crippen LogP contribution in [0.4, 0.5) is 0 Å². The molecule has 104 valence electrons. The van der Waals surface area contributed by atoms with E-state index >= 15 is 0 Å². The van der Waals surface area contributed by atoms with Crippen LogP contribution in [0.1, 0.15) is 38.5 Å². The molecule has 0 saturated heterocycles. The normalized spacial score (nSPS) is 36.1. The molecule has 2 saturated carbocycles. The van der Waals surface area contributed by atoms with Crippen LogP contribution in [0.15, 0.2) is 0 Å². The van der Waals surface area contributed by atoms with Gasteiger partial charge in [0.1, 0.15) is 0 Å². The minimum absolute atomic E-state index is 0.0397. The summed E-state index contributed by atoms with van der Waals surface area (Å²) in [6.45, 7) is 0. The number of carbonyl (C=O) groups excluding carboxylic acids is 1. The third-order valence-electron chi connectivity index (χ3n) is 4.49. The maximum absolute atomic E-state index is 11.4. The molecular formula is C12H21NO4S. The number of rotatable bonds is 3. The molecule has 0 bridgehead atoms. The van der Waals surface area contributed by atoms with E-state index in [2.05, 4.69) is 0 Å². The van der Waals surface area contributed by atoms with Crippen molar-refractivity contribution in [2.45, 2.75) is 38.5 Å². The van der Waals surface area contributed by atoms with E-state index in [1.165, 1.54) is 7.11 Å². The van der Waals surface area contributed by atoms with Gasteiger partial charge in [0.2, 0.25) is 10.0 Å². The van der Waals surface area contributed by atoms with Gasteiger partial charge in [-0.3, -0.25) is 4.79 Å². The van der Waals surface area contributed by atoms with Gasteiger partial charge < -0.3 is 4.74 Å². The van der Waals surface area contributed by atoms with Crippen LogP contribution < -0.4 is 5.14 Å². The van der Waals surface area contributed by atoms with Crippen molar-refractivity contribution in [1.29, 1.82) is 0 Å². The van der Waals surface area contributed by atoms with E-state index < -0.39 is 10.0 Å². The number of hydrogen-bond donors (Lipinski definition) is 1. The van der Waals surface area contributed by atoms with E-state index in [1.807, 2.05) is 0 Å². The number of carbonyl (C=O) groups is 1. The minimum atomic E-state index is -3.34. The lowest BCUT2D eigenvalue weighted by Crippen LogP contribution is -2.44. The molecule has 6 heteroatoms. The van der Waals surface area contributed by atoms with Gasteiger partial charge in [0, 0.05) is 0 Å². The second-order valence-electron chi connectivity index (χ2n) is 5.90. The first kappa shape index (κ1) is 13.8. The fraction of sp³-hybridized carbons (Fsp3) is 0.917. The summed E-state index contributed by atoms with van der Waals surface area (Å²) in [5.41, 5.74) is 0.278. The molecule has 0 unspecified atom stereocenters. The Morgan fingerprint density at radius 2 is 1.89 bits per heavy atom. The number of nitrogens with two attached hydrogens (primary N) is 1. The summed E-state index contributed by atoms with van der Waals surface area (Å²) in [4.78, 5) is 11.4. The zero-order chi connectivity index (χ0) is 13.4. The first-order valence-corrected chi connectivity index (χ1v) is 8.13. The summed E-state index contributed by atoms with van der Waals surface area (Å²) < 4.78 is 26.8. The third-order valence-corrected chi connectivity index (χ3v) is 5.43. The highest BCUT2D eigenvalue weighted by atomic mass is 32.2. The first-order valence-electron chi connectivity index (χ1n) is 6.42. The molecule has 5 nitrogen and oxygen atoms in total. The number of ether oxygens (including phenoxy) is 1. The van der Waals surface area contributed by atoms with Crippen LogP contribution in [0.25, 0.3) is 0 Å². The smallest absolute Gasteiger partial charge is 0.308 e. The van der Waals surface area contributed by atoms with Crippen molar-refractivity contribution in [3.63, 3.8) is 0 Å². The van der Waals surface area contributed by atoms with E-state index in [-0.39, 0.29) is 29.0 Å². The molecule has 0 amide bonds. The molecule has 2 aliphatic carbocycles. The molecule has 0 heterocycles. The lowest BCUT2D eigenvalue weighted by Gasteiger charge is -2.51. The van der Waals surface area contributed by atoms with Gasteiger partial charge in [0.05, 0.1) is 18.8 Å². The fourth-order valence-corrected chi connectivity index (χ4v) is 4.54. The van der Waals surface area contributed by atoms with Crippen molar-refractivity contribution in [1.82, 2.24) is 0 Å². The van der Waals surface area contributed by atoms with Gasteiger partial charge in [0.15, 0.2) is 0 Å². The highest BCUT2D eigenvalue weighted by Crippen LogP contribution is 2.55. The fourth-order valence-electron chi connectivity index (χ4n) is 3.65. The van der Waals surface area contributed by atoms with Crippen LogP contribution in [0.5, 0.6) is 0 Å². The number of primary sulfonamides is 1. The maximum atomic E-state index is 11.4. The number of hydrogen-bond acceptors (Lipinski definition) is 4. The van der Waals surface area contributed by atoms with Gasteiger partial charge in [-0.2, -0.15) is 0 Å². The van der Waals surface area contributed by atoms with E-state index in [9.17, 15) is 13.2 Å². The summed E-state index contributed by atoms with van der Waals surface area (Å²) in [7, 11) is -1.91. The zero-order valence-electron chi connectivity index (χ0n) is 10.7. The molecular weight excluding hydrogens is 254 g/mol. The standard InChI is InChI=1S/C12H21NO4S/c1-17-11(14)10-2-4-12(5-3-10)6-9(7-12)8-18(13,15)16/h9-10H,2-8H2,1H3,(H2,13,15,16). The van der Waals surface area contributed by atoms with Crippen molar-refractivity contribution in [3.05, 3.63) is 0 Å². The molecule has 0 aromatic carbocycles. The van der Waals surface area contributed by atoms with Crippen LogP contribution in [0.2, 0.25) is 0 Å². The number of esters is 1. The maximum Gasteiger partial charge on any atom is 0.308 e. The SMILES string of the molecule is COC(=O)C1CCC2(CC1)CC(CS(N)(=O)=O)C2. The Morgan fingerprint density at radius 1 is 1.33 bits per heavy atom. The lowest BCUT2D eigenvalue weighted by atomic mass is 9.55. The second-order valence-corrected chi connectivity index (χ2v) is 7.56. The van der Waals surface area contributed by atoms with Crippen molar-refractivity contribution in [2.24, 2.45) is 22.4 Å². The van der Waals surface area contributed by atoms with Gasteiger partial charge in [-0.15, -0.1) is 0 Å². The van der Waals surface area contributed by atoms with E-state index in [0.29, 0.717) is 0 Å². The molecule has 0 aromatic rings. The molecule has 0 radical (unpaired) electrons. The van der Waals surface area contributed by atoms with Crippen LogP contribution in [0.3, 0.4) is 0 Å². The lowest BCUT2D eigenvalue weighted by molar-refractivity contribution is -0.148. The summed E-state index contributed by atoms with van der Waals surface area (Å²) >= 11 is 0. The van der Waals surface area contributed by atoms with Crippen LogP contribution in [-0.2, 0) is 19.6 Å². The van der Waals surface area contributed by atoms with Gasteiger partial charge in [-0.1, -0.05) is 0 Å². The van der Waals surface area contributed by atoms with Crippen molar-refractivity contribution >= 4 is 16.0 Å². The average Bonchev–Trinajstić information content (AvgIpc) is 2.25. The predicted octanol–water partition coefficient (Wildman–Crippen LogP) is 1.03. The molecule has 2 aliphatic rings. The number of sulfonamides is 1.